The Labute approximate surface area is 132 Å². The van der Waals surface area contributed by atoms with Crippen LogP contribution in [0.2, 0.25) is 0 Å². The summed E-state index contributed by atoms with van der Waals surface area (Å²) >= 11 is 0. The molecule has 2 atom stereocenters. The number of carbonyl (C=O) groups is 1. The summed E-state index contributed by atoms with van der Waals surface area (Å²) in [6.45, 7) is 6.14. The fourth-order valence-electron chi connectivity index (χ4n) is 3.73. The van der Waals surface area contributed by atoms with E-state index in [4.69, 9.17) is 5.73 Å². The minimum absolute atomic E-state index is 0.240. The number of nitrogens with two attached hydrogens (primary N) is 1. The highest BCUT2D eigenvalue weighted by atomic mass is 16.2. The van der Waals surface area contributed by atoms with E-state index in [9.17, 15) is 4.79 Å². The third-order valence-electron chi connectivity index (χ3n) is 5.09. The molecule has 0 saturated heterocycles. The molecule has 1 aliphatic carbocycles. The molecule has 0 heterocycles. The van der Waals surface area contributed by atoms with Crippen LogP contribution in [-0.2, 0) is 10.2 Å². The highest BCUT2D eigenvalue weighted by Crippen LogP contribution is 2.56. The van der Waals surface area contributed by atoms with Crippen molar-refractivity contribution in [3.05, 3.63) is 48.0 Å². The maximum Gasteiger partial charge on any atom is 0.233 e. The molecule has 0 spiro atoms. The lowest BCUT2D eigenvalue weighted by molar-refractivity contribution is -0.134. The molecule has 1 saturated carbocycles. The minimum atomic E-state index is -0.415. The summed E-state index contributed by atoms with van der Waals surface area (Å²) in [5.41, 5.74) is 6.68. The van der Waals surface area contributed by atoms with Crippen LogP contribution < -0.4 is 5.73 Å². The number of hydrogen-bond donors (Lipinski definition) is 1. The van der Waals surface area contributed by atoms with Gasteiger partial charge in [0.1, 0.15) is 0 Å². The van der Waals surface area contributed by atoms with Crippen molar-refractivity contribution in [2.45, 2.75) is 25.7 Å². The van der Waals surface area contributed by atoms with Gasteiger partial charge in [-0.1, -0.05) is 42.5 Å². The van der Waals surface area contributed by atoms with Gasteiger partial charge >= 0.3 is 0 Å². The standard InChI is InChI=1S/C19H24N2O/c1-3-21(4-2)18(22)19(12-15(19)13-20)17-11-7-9-14-8-5-6-10-16(14)17/h5-11,15H,3-4,12-13,20H2,1-2H3/t15-,19-/m1/s1. The van der Waals surface area contributed by atoms with E-state index in [1.807, 2.05) is 30.9 Å². The Morgan fingerprint density at radius 3 is 2.50 bits per heavy atom. The Balaban J connectivity index is 2.14. The maximum absolute atomic E-state index is 13.2. The highest BCUT2D eigenvalue weighted by Gasteiger charge is 2.61. The van der Waals surface area contributed by atoms with E-state index >= 15 is 0 Å². The van der Waals surface area contributed by atoms with E-state index in [0.717, 1.165) is 25.1 Å². The molecule has 2 aromatic carbocycles. The molecule has 0 bridgehead atoms. The number of hydrogen-bond acceptors (Lipinski definition) is 2. The van der Waals surface area contributed by atoms with Crippen molar-refractivity contribution in [1.29, 1.82) is 0 Å². The van der Waals surface area contributed by atoms with E-state index in [1.165, 1.54) is 10.8 Å². The Kier molecular flexibility index (Phi) is 3.92. The second kappa shape index (κ2) is 5.73. The smallest absolute Gasteiger partial charge is 0.233 e. The van der Waals surface area contributed by atoms with Gasteiger partial charge in [0.15, 0.2) is 0 Å². The van der Waals surface area contributed by atoms with Crippen molar-refractivity contribution in [1.82, 2.24) is 4.90 Å². The van der Waals surface area contributed by atoms with Crippen LogP contribution >= 0.6 is 0 Å². The van der Waals surface area contributed by atoms with Crippen molar-refractivity contribution in [3.8, 4) is 0 Å². The molecule has 2 aromatic rings. The van der Waals surface area contributed by atoms with E-state index in [1.54, 1.807) is 0 Å². The normalized spacial score (nSPS) is 23.5. The van der Waals surface area contributed by atoms with Gasteiger partial charge < -0.3 is 10.6 Å². The molecule has 1 fully saturated rings. The van der Waals surface area contributed by atoms with Crippen LogP contribution in [0.15, 0.2) is 42.5 Å². The summed E-state index contributed by atoms with van der Waals surface area (Å²) in [4.78, 5) is 15.1. The summed E-state index contributed by atoms with van der Waals surface area (Å²) in [7, 11) is 0. The zero-order chi connectivity index (χ0) is 15.7. The highest BCUT2D eigenvalue weighted by molar-refractivity contribution is 5.98. The van der Waals surface area contributed by atoms with Crippen LogP contribution in [0.25, 0.3) is 10.8 Å². The van der Waals surface area contributed by atoms with E-state index in [-0.39, 0.29) is 11.8 Å². The summed E-state index contributed by atoms with van der Waals surface area (Å²) in [6, 6.07) is 14.6. The lowest BCUT2D eigenvalue weighted by atomic mass is 9.87. The van der Waals surface area contributed by atoms with Gasteiger partial charge in [-0.25, -0.2) is 0 Å². The van der Waals surface area contributed by atoms with Gasteiger partial charge in [0.2, 0.25) is 5.91 Å². The second-order valence-corrected chi connectivity index (χ2v) is 6.11. The molecule has 1 aliphatic rings. The molecule has 0 aromatic heterocycles. The van der Waals surface area contributed by atoms with Gasteiger partial charge in [0.25, 0.3) is 0 Å². The fourth-order valence-corrected chi connectivity index (χ4v) is 3.73. The van der Waals surface area contributed by atoms with Crippen molar-refractivity contribution in [2.24, 2.45) is 11.7 Å². The molecular formula is C19H24N2O. The first-order chi connectivity index (χ1) is 10.7. The average Bonchev–Trinajstić information content (AvgIpc) is 3.31. The van der Waals surface area contributed by atoms with Crippen molar-refractivity contribution >= 4 is 16.7 Å². The molecular weight excluding hydrogens is 272 g/mol. The van der Waals surface area contributed by atoms with Crippen molar-refractivity contribution < 1.29 is 4.79 Å². The number of carbonyl (C=O) groups excluding carboxylic acids is 1. The van der Waals surface area contributed by atoms with Gasteiger partial charge in [-0.2, -0.15) is 0 Å². The van der Waals surface area contributed by atoms with Crippen molar-refractivity contribution in [2.75, 3.05) is 19.6 Å². The number of nitrogens with zero attached hydrogens (tertiary/aromatic N) is 1. The molecule has 0 unspecified atom stereocenters. The van der Waals surface area contributed by atoms with Gasteiger partial charge in [-0.15, -0.1) is 0 Å². The lowest BCUT2D eigenvalue weighted by Crippen LogP contribution is -2.41. The molecule has 2 N–H and O–H groups in total. The van der Waals surface area contributed by atoms with Crippen LogP contribution in [0, 0.1) is 5.92 Å². The summed E-state index contributed by atoms with van der Waals surface area (Å²) < 4.78 is 0. The number of amides is 1. The molecule has 22 heavy (non-hydrogen) atoms. The predicted octanol–water partition coefficient (Wildman–Crippen LogP) is 2.92. The van der Waals surface area contributed by atoms with Gasteiger partial charge in [0.05, 0.1) is 5.41 Å². The Hall–Kier alpha value is -1.87. The van der Waals surface area contributed by atoms with Gasteiger partial charge in [-0.3, -0.25) is 4.79 Å². The van der Waals surface area contributed by atoms with Crippen LogP contribution in [0.1, 0.15) is 25.8 Å². The number of rotatable bonds is 5. The topological polar surface area (TPSA) is 46.3 Å². The monoisotopic (exact) mass is 296 g/mol. The minimum Gasteiger partial charge on any atom is -0.342 e. The first-order valence-electron chi connectivity index (χ1n) is 8.16. The van der Waals surface area contributed by atoms with Crippen LogP contribution in [-0.4, -0.2) is 30.4 Å². The van der Waals surface area contributed by atoms with Gasteiger partial charge in [0, 0.05) is 13.1 Å². The number of fused-ring (bicyclic) bond motifs is 1. The van der Waals surface area contributed by atoms with Crippen molar-refractivity contribution in [3.63, 3.8) is 0 Å². The Morgan fingerprint density at radius 2 is 1.86 bits per heavy atom. The molecule has 3 heteroatoms. The quantitative estimate of drug-likeness (QED) is 0.922. The number of benzene rings is 2. The summed E-state index contributed by atoms with van der Waals surface area (Å²) in [5, 5.41) is 2.37. The predicted molar refractivity (Wildman–Crippen MR) is 90.7 cm³/mol. The summed E-state index contributed by atoms with van der Waals surface area (Å²) in [5.74, 6) is 0.496. The fraction of sp³-hybridized carbons (Fsp3) is 0.421. The second-order valence-electron chi connectivity index (χ2n) is 6.11. The van der Waals surface area contributed by atoms with Gasteiger partial charge in [-0.05, 0) is 49.1 Å². The average molecular weight is 296 g/mol. The number of likely N-dealkylation sites (N-methyl/N-ethyl adjacent to an activating group) is 1. The zero-order valence-corrected chi connectivity index (χ0v) is 13.4. The molecule has 116 valence electrons. The Bertz CT molecular complexity index is 687. The zero-order valence-electron chi connectivity index (χ0n) is 13.4. The SMILES string of the molecule is CCN(CC)C(=O)[C@]1(c2cccc3ccccc23)C[C@@H]1CN. The first-order valence-corrected chi connectivity index (χ1v) is 8.16. The molecule has 0 aliphatic heterocycles. The first kappa shape index (κ1) is 15.0. The van der Waals surface area contributed by atoms with E-state index in [2.05, 4.69) is 30.3 Å². The molecule has 0 radical (unpaired) electrons. The lowest BCUT2D eigenvalue weighted by Gasteiger charge is -2.27. The molecule has 3 nitrogen and oxygen atoms in total. The van der Waals surface area contributed by atoms with Crippen LogP contribution in [0.4, 0.5) is 0 Å². The largest absolute Gasteiger partial charge is 0.342 e. The maximum atomic E-state index is 13.2. The third kappa shape index (κ3) is 2.12. The third-order valence-corrected chi connectivity index (χ3v) is 5.09. The van der Waals surface area contributed by atoms with Crippen LogP contribution in [0.3, 0.4) is 0 Å². The van der Waals surface area contributed by atoms with Crippen LogP contribution in [0.5, 0.6) is 0 Å². The van der Waals surface area contributed by atoms with E-state index < -0.39 is 5.41 Å². The molecule has 3 rings (SSSR count). The Morgan fingerprint density at radius 1 is 1.18 bits per heavy atom. The van der Waals surface area contributed by atoms with E-state index in [0.29, 0.717) is 6.54 Å². The summed E-state index contributed by atoms with van der Waals surface area (Å²) in [6.07, 6.45) is 0.868. The molecule has 1 amide bonds.